The molecule has 0 spiro atoms. The van der Waals surface area contributed by atoms with Gasteiger partial charge in [0.15, 0.2) is 5.82 Å². The second-order valence-electron chi connectivity index (χ2n) is 6.12. The van der Waals surface area contributed by atoms with Crippen molar-refractivity contribution in [1.29, 1.82) is 0 Å². The Kier molecular flexibility index (Phi) is 4.43. The average molecular weight is 316 g/mol. The largest absolute Gasteiger partial charge is 0.309 e. The molecule has 1 unspecified atom stereocenters. The Labute approximate surface area is 135 Å². The lowest BCUT2D eigenvalue weighted by Crippen LogP contribution is -2.21. The molecule has 1 aromatic heterocycles. The van der Waals surface area contributed by atoms with Gasteiger partial charge < -0.3 is 5.32 Å². The third-order valence-corrected chi connectivity index (χ3v) is 4.18. The predicted octanol–water partition coefficient (Wildman–Crippen LogP) is 2.74. The standard InChI is InChI=1S/C17H21FN4O/c1-12-3-4-14(9-16(12)18)10-21-7-5-15(11-21)22-8-6-17(20-22)19-13(2)23/h3-4,6,8-9,15H,5,7,10-11H2,1-2H3,(H,19,20,23). The van der Waals surface area contributed by atoms with E-state index in [0.29, 0.717) is 11.4 Å². The number of rotatable bonds is 4. The summed E-state index contributed by atoms with van der Waals surface area (Å²) < 4.78 is 15.5. The second kappa shape index (κ2) is 6.50. The van der Waals surface area contributed by atoms with Gasteiger partial charge in [0.2, 0.25) is 5.91 Å². The summed E-state index contributed by atoms with van der Waals surface area (Å²) >= 11 is 0. The SMILES string of the molecule is CC(=O)Nc1ccn(C2CCN(Cc3ccc(C)c(F)c3)C2)n1. The van der Waals surface area contributed by atoms with Gasteiger partial charge in [-0.2, -0.15) is 5.10 Å². The van der Waals surface area contributed by atoms with Crippen LogP contribution in [0.25, 0.3) is 0 Å². The van der Waals surface area contributed by atoms with Crippen molar-refractivity contribution in [2.75, 3.05) is 18.4 Å². The van der Waals surface area contributed by atoms with Crippen molar-refractivity contribution in [3.63, 3.8) is 0 Å². The fraction of sp³-hybridized carbons (Fsp3) is 0.412. The number of hydrogen-bond donors (Lipinski definition) is 1. The van der Waals surface area contributed by atoms with Crippen molar-refractivity contribution in [3.05, 3.63) is 47.4 Å². The number of amides is 1. The monoisotopic (exact) mass is 316 g/mol. The number of nitrogens with zero attached hydrogens (tertiary/aromatic N) is 3. The van der Waals surface area contributed by atoms with Gasteiger partial charge in [-0.1, -0.05) is 12.1 Å². The maximum Gasteiger partial charge on any atom is 0.222 e. The van der Waals surface area contributed by atoms with E-state index in [2.05, 4.69) is 15.3 Å². The molecule has 1 aliphatic heterocycles. The Morgan fingerprint density at radius 2 is 2.26 bits per heavy atom. The summed E-state index contributed by atoms with van der Waals surface area (Å²) in [5, 5.41) is 7.08. The van der Waals surface area contributed by atoms with E-state index in [1.807, 2.05) is 23.0 Å². The normalized spacial score (nSPS) is 18.3. The van der Waals surface area contributed by atoms with Gasteiger partial charge in [-0.05, 0) is 30.5 Å². The van der Waals surface area contributed by atoms with Crippen LogP contribution in [-0.4, -0.2) is 33.7 Å². The molecule has 1 saturated heterocycles. The zero-order valence-electron chi connectivity index (χ0n) is 13.4. The summed E-state index contributed by atoms with van der Waals surface area (Å²) in [6.45, 7) is 5.81. The highest BCUT2D eigenvalue weighted by Gasteiger charge is 2.24. The molecule has 1 fully saturated rings. The molecule has 2 heterocycles. The molecule has 0 aliphatic carbocycles. The van der Waals surface area contributed by atoms with Gasteiger partial charge in [-0.3, -0.25) is 14.4 Å². The summed E-state index contributed by atoms with van der Waals surface area (Å²) in [6, 6.07) is 7.51. The van der Waals surface area contributed by atoms with Crippen LogP contribution in [0.5, 0.6) is 0 Å². The van der Waals surface area contributed by atoms with E-state index in [0.717, 1.165) is 31.6 Å². The zero-order valence-corrected chi connectivity index (χ0v) is 13.4. The number of carbonyl (C=O) groups is 1. The lowest BCUT2D eigenvalue weighted by atomic mass is 10.1. The molecule has 1 aromatic carbocycles. The Hall–Kier alpha value is -2.21. The second-order valence-corrected chi connectivity index (χ2v) is 6.12. The van der Waals surface area contributed by atoms with E-state index >= 15 is 0 Å². The highest BCUT2D eigenvalue weighted by atomic mass is 19.1. The lowest BCUT2D eigenvalue weighted by molar-refractivity contribution is -0.114. The molecular formula is C17H21FN4O. The minimum absolute atomic E-state index is 0.121. The van der Waals surface area contributed by atoms with Crippen LogP contribution >= 0.6 is 0 Å². The predicted molar refractivity (Wildman–Crippen MR) is 86.6 cm³/mol. The molecule has 122 valence electrons. The highest BCUT2D eigenvalue weighted by molar-refractivity contribution is 5.87. The summed E-state index contributed by atoms with van der Waals surface area (Å²) in [5.74, 6) is 0.312. The Morgan fingerprint density at radius 3 is 3.00 bits per heavy atom. The maximum atomic E-state index is 13.6. The molecule has 5 nitrogen and oxygen atoms in total. The smallest absolute Gasteiger partial charge is 0.222 e. The van der Waals surface area contributed by atoms with Crippen LogP contribution < -0.4 is 5.32 Å². The van der Waals surface area contributed by atoms with Crippen molar-refractivity contribution in [3.8, 4) is 0 Å². The minimum Gasteiger partial charge on any atom is -0.309 e. The number of carbonyl (C=O) groups excluding carboxylic acids is 1. The molecule has 3 rings (SSSR count). The molecule has 1 aliphatic rings. The number of halogens is 1. The van der Waals surface area contributed by atoms with Gasteiger partial charge in [0, 0.05) is 38.8 Å². The first-order valence-electron chi connectivity index (χ1n) is 7.81. The number of hydrogen-bond acceptors (Lipinski definition) is 3. The molecule has 2 aromatic rings. The Balaban J connectivity index is 1.60. The molecule has 6 heteroatoms. The highest BCUT2D eigenvalue weighted by Crippen LogP contribution is 2.24. The van der Waals surface area contributed by atoms with Crippen molar-refractivity contribution in [2.24, 2.45) is 0 Å². The van der Waals surface area contributed by atoms with Crippen LogP contribution in [-0.2, 0) is 11.3 Å². The lowest BCUT2D eigenvalue weighted by Gasteiger charge is -2.16. The summed E-state index contributed by atoms with van der Waals surface area (Å²) in [7, 11) is 0. The molecule has 0 saturated carbocycles. The van der Waals surface area contributed by atoms with Crippen LogP contribution in [0.1, 0.15) is 30.5 Å². The van der Waals surface area contributed by atoms with Crippen LogP contribution in [0.2, 0.25) is 0 Å². The third-order valence-electron chi connectivity index (χ3n) is 4.18. The number of nitrogens with one attached hydrogen (secondary N) is 1. The number of aromatic nitrogens is 2. The first-order valence-corrected chi connectivity index (χ1v) is 7.81. The van der Waals surface area contributed by atoms with Gasteiger partial charge in [-0.25, -0.2) is 4.39 Å². The summed E-state index contributed by atoms with van der Waals surface area (Å²) in [6.07, 6.45) is 2.89. The molecule has 23 heavy (non-hydrogen) atoms. The molecule has 0 bridgehead atoms. The quantitative estimate of drug-likeness (QED) is 0.943. The van der Waals surface area contributed by atoms with Gasteiger partial charge in [0.05, 0.1) is 6.04 Å². The molecular weight excluding hydrogens is 295 g/mol. The van der Waals surface area contributed by atoms with Crippen LogP contribution in [0.4, 0.5) is 10.2 Å². The fourth-order valence-electron chi connectivity index (χ4n) is 2.95. The van der Waals surface area contributed by atoms with E-state index in [1.165, 1.54) is 6.92 Å². The summed E-state index contributed by atoms with van der Waals surface area (Å²) in [4.78, 5) is 13.4. The fourth-order valence-corrected chi connectivity index (χ4v) is 2.95. The van der Waals surface area contributed by atoms with Gasteiger partial charge in [0.25, 0.3) is 0 Å². The summed E-state index contributed by atoms with van der Waals surface area (Å²) in [5.41, 5.74) is 1.67. The number of benzene rings is 1. The first kappa shape index (κ1) is 15.7. The Morgan fingerprint density at radius 1 is 1.43 bits per heavy atom. The molecule has 0 radical (unpaired) electrons. The van der Waals surface area contributed by atoms with Crippen molar-refractivity contribution in [1.82, 2.24) is 14.7 Å². The van der Waals surface area contributed by atoms with E-state index in [4.69, 9.17) is 0 Å². The Bertz CT molecular complexity index is 712. The van der Waals surface area contributed by atoms with Gasteiger partial charge >= 0.3 is 0 Å². The number of aryl methyl sites for hydroxylation is 1. The van der Waals surface area contributed by atoms with E-state index in [-0.39, 0.29) is 17.8 Å². The van der Waals surface area contributed by atoms with Crippen molar-refractivity contribution in [2.45, 2.75) is 32.9 Å². The number of anilines is 1. The zero-order chi connectivity index (χ0) is 16.4. The molecule has 1 atom stereocenters. The number of likely N-dealkylation sites (tertiary alicyclic amines) is 1. The minimum atomic E-state index is -0.148. The van der Waals surface area contributed by atoms with Crippen LogP contribution in [0.3, 0.4) is 0 Å². The van der Waals surface area contributed by atoms with Crippen molar-refractivity contribution >= 4 is 11.7 Å². The van der Waals surface area contributed by atoms with Gasteiger partial charge in [0.1, 0.15) is 5.82 Å². The topological polar surface area (TPSA) is 50.2 Å². The van der Waals surface area contributed by atoms with Gasteiger partial charge in [-0.15, -0.1) is 0 Å². The van der Waals surface area contributed by atoms with Crippen LogP contribution in [0.15, 0.2) is 30.5 Å². The average Bonchev–Trinajstić information content (AvgIpc) is 3.11. The van der Waals surface area contributed by atoms with Crippen molar-refractivity contribution < 1.29 is 9.18 Å². The molecule has 1 amide bonds. The van der Waals surface area contributed by atoms with E-state index in [1.54, 1.807) is 19.1 Å². The van der Waals surface area contributed by atoms with E-state index < -0.39 is 0 Å². The third kappa shape index (κ3) is 3.76. The first-order chi connectivity index (χ1) is 11.0. The molecule has 1 N–H and O–H groups in total. The van der Waals surface area contributed by atoms with Crippen LogP contribution in [0, 0.1) is 12.7 Å². The van der Waals surface area contributed by atoms with E-state index in [9.17, 15) is 9.18 Å². The maximum absolute atomic E-state index is 13.6.